The van der Waals surface area contributed by atoms with Gasteiger partial charge in [-0.1, -0.05) is 44.2 Å². The van der Waals surface area contributed by atoms with E-state index in [2.05, 4.69) is 54.0 Å². The van der Waals surface area contributed by atoms with Gasteiger partial charge in [-0.25, -0.2) is 0 Å². The number of hydrogen-bond donors (Lipinski definition) is 0. The maximum atomic E-state index is 6.25. The predicted molar refractivity (Wildman–Crippen MR) is 87.6 cm³/mol. The van der Waals surface area contributed by atoms with Crippen LogP contribution in [-0.4, -0.2) is 62.0 Å². The van der Waals surface area contributed by atoms with Crippen molar-refractivity contribution in [3.63, 3.8) is 0 Å². The van der Waals surface area contributed by atoms with Crippen molar-refractivity contribution in [1.82, 2.24) is 9.80 Å². The predicted octanol–water partition coefficient (Wildman–Crippen LogP) is 2.20. The van der Waals surface area contributed by atoms with Crippen molar-refractivity contribution in [1.29, 1.82) is 0 Å². The van der Waals surface area contributed by atoms with Crippen molar-refractivity contribution in [2.75, 3.05) is 46.0 Å². The fourth-order valence-corrected chi connectivity index (χ4v) is 3.64. The van der Waals surface area contributed by atoms with Gasteiger partial charge in [-0.2, -0.15) is 0 Å². The lowest BCUT2D eigenvalue weighted by atomic mass is 9.89. The third-order valence-corrected chi connectivity index (χ3v) is 4.61. The second-order valence-electron chi connectivity index (χ2n) is 7.06. The van der Waals surface area contributed by atoms with Crippen LogP contribution in [0.25, 0.3) is 0 Å². The van der Waals surface area contributed by atoms with Gasteiger partial charge in [-0.05, 0) is 5.56 Å². The molecule has 0 aliphatic carbocycles. The van der Waals surface area contributed by atoms with Crippen LogP contribution in [0, 0.1) is 5.41 Å². The van der Waals surface area contributed by atoms with Crippen LogP contribution in [0.15, 0.2) is 30.3 Å². The van der Waals surface area contributed by atoms with Gasteiger partial charge in [-0.3, -0.25) is 9.80 Å². The maximum Gasteiger partial charge on any atom is 0.117 e. The first-order valence-corrected chi connectivity index (χ1v) is 8.35. The Bertz CT molecular complexity index is 457. The van der Waals surface area contributed by atoms with Gasteiger partial charge < -0.3 is 9.47 Å². The van der Waals surface area contributed by atoms with Gasteiger partial charge in [0.15, 0.2) is 0 Å². The lowest BCUT2D eigenvalue weighted by Crippen LogP contribution is -2.53. The Hall–Kier alpha value is -0.940. The summed E-state index contributed by atoms with van der Waals surface area (Å²) in [6.07, 6.45) is 0.192. The van der Waals surface area contributed by atoms with Crippen LogP contribution in [0.5, 0.6) is 0 Å². The monoisotopic (exact) mass is 304 g/mol. The standard InChI is InChI=1S/C18H28N2O2/c1-18(2)15-19(14-16-6-4-3-5-7-16)8-13-22-17(18)20-9-11-21-12-10-20/h3-7,17H,8-15H2,1-2H3/t17-/m1/s1. The molecular formula is C18H28N2O2. The van der Waals surface area contributed by atoms with Gasteiger partial charge in [0, 0.05) is 38.1 Å². The first-order chi connectivity index (χ1) is 10.6. The molecule has 2 heterocycles. The fourth-order valence-electron chi connectivity index (χ4n) is 3.64. The summed E-state index contributed by atoms with van der Waals surface area (Å²) in [5, 5.41) is 0. The molecule has 2 aliphatic heterocycles. The van der Waals surface area contributed by atoms with Crippen LogP contribution in [0.3, 0.4) is 0 Å². The fraction of sp³-hybridized carbons (Fsp3) is 0.667. The van der Waals surface area contributed by atoms with Crippen molar-refractivity contribution in [2.24, 2.45) is 5.41 Å². The third kappa shape index (κ3) is 3.87. The van der Waals surface area contributed by atoms with Gasteiger partial charge in [0.2, 0.25) is 0 Å². The zero-order valence-corrected chi connectivity index (χ0v) is 13.8. The van der Waals surface area contributed by atoms with Crippen LogP contribution in [0.2, 0.25) is 0 Å². The lowest BCUT2D eigenvalue weighted by Gasteiger charge is -2.42. The number of morpholine rings is 1. The van der Waals surface area contributed by atoms with E-state index in [4.69, 9.17) is 9.47 Å². The van der Waals surface area contributed by atoms with Crippen LogP contribution in [0.1, 0.15) is 19.4 Å². The Morgan fingerprint density at radius 1 is 1.05 bits per heavy atom. The van der Waals surface area contributed by atoms with Gasteiger partial charge in [0.25, 0.3) is 0 Å². The molecule has 1 aromatic rings. The Labute approximate surface area is 134 Å². The van der Waals surface area contributed by atoms with Gasteiger partial charge in [0.05, 0.1) is 19.8 Å². The Balaban J connectivity index is 1.66. The molecule has 0 unspecified atom stereocenters. The van der Waals surface area contributed by atoms with Gasteiger partial charge >= 0.3 is 0 Å². The molecule has 22 heavy (non-hydrogen) atoms. The highest BCUT2D eigenvalue weighted by molar-refractivity contribution is 5.14. The molecule has 0 radical (unpaired) electrons. The summed E-state index contributed by atoms with van der Waals surface area (Å²) >= 11 is 0. The summed E-state index contributed by atoms with van der Waals surface area (Å²) in [4.78, 5) is 4.98. The molecule has 2 aliphatic rings. The molecule has 0 N–H and O–H groups in total. The summed E-state index contributed by atoms with van der Waals surface area (Å²) in [6, 6.07) is 10.7. The number of ether oxygens (including phenoxy) is 2. The quantitative estimate of drug-likeness (QED) is 0.855. The summed E-state index contributed by atoms with van der Waals surface area (Å²) < 4.78 is 11.7. The van der Waals surface area contributed by atoms with Gasteiger partial charge in [-0.15, -0.1) is 0 Å². The molecule has 4 heteroatoms. The largest absolute Gasteiger partial charge is 0.379 e. The minimum Gasteiger partial charge on any atom is -0.379 e. The second kappa shape index (κ2) is 7.09. The molecule has 0 amide bonds. The topological polar surface area (TPSA) is 24.9 Å². The lowest BCUT2D eigenvalue weighted by molar-refractivity contribution is -0.137. The molecule has 0 bridgehead atoms. The summed E-state index contributed by atoms with van der Waals surface area (Å²) in [5.74, 6) is 0. The molecule has 0 spiro atoms. The zero-order chi connectivity index (χ0) is 15.4. The smallest absolute Gasteiger partial charge is 0.117 e. The SMILES string of the molecule is CC1(C)CN(Cc2ccccc2)CCO[C@H]1N1CCOCC1. The molecule has 2 fully saturated rings. The second-order valence-corrected chi connectivity index (χ2v) is 7.06. The first-order valence-electron chi connectivity index (χ1n) is 8.35. The summed E-state index contributed by atoms with van der Waals surface area (Å²) in [5.41, 5.74) is 1.49. The Morgan fingerprint density at radius 3 is 2.50 bits per heavy atom. The molecule has 0 aromatic heterocycles. The van der Waals surface area contributed by atoms with E-state index >= 15 is 0 Å². The molecule has 3 rings (SSSR count). The van der Waals surface area contributed by atoms with Crippen LogP contribution in [0.4, 0.5) is 0 Å². The highest BCUT2D eigenvalue weighted by Gasteiger charge is 2.39. The average molecular weight is 304 g/mol. The highest BCUT2D eigenvalue weighted by atomic mass is 16.5. The summed E-state index contributed by atoms with van der Waals surface area (Å²) in [7, 11) is 0. The molecule has 0 saturated carbocycles. The number of benzene rings is 1. The number of rotatable bonds is 3. The van der Waals surface area contributed by atoms with E-state index in [9.17, 15) is 0 Å². The van der Waals surface area contributed by atoms with E-state index in [0.717, 1.165) is 52.5 Å². The normalized spacial score (nSPS) is 27.5. The van der Waals surface area contributed by atoms with E-state index in [1.807, 2.05) is 0 Å². The summed E-state index contributed by atoms with van der Waals surface area (Å²) in [6.45, 7) is 12.1. The maximum absolute atomic E-state index is 6.25. The van der Waals surface area contributed by atoms with E-state index in [0.29, 0.717) is 0 Å². The van der Waals surface area contributed by atoms with Crippen molar-refractivity contribution >= 4 is 0 Å². The molecule has 2 saturated heterocycles. The van der Waals surface area contributed by atoms with Crippen LogP contribution in [-0.2, 0) is 16.0 Å². The third-order valence-electron chi connectivity index (χ3n) is 4.61. The molecule has 1 aromatic carbocycles. The minimum atomic E-state index is 0.114. The molecule has 1 atom stereocenters. The zero-order valence-electron chi connectivity index (χ0n) is 13.8. The highest BCUT2D eigenvalue weighted by Crippen LogP contribution is 2.30. The minimum absolute atomic E-state index is 0.114. The first kappa shape index (κ1) is 15.9. The van der Waals surface area contributed by atoms with E-state index in [1.165, 1.54) is 5.56 Å². The Morgan fingerprint density at radius 2 is 1.77 bits per heavy atom. The van der Waals surface area contributed by atoms with E-state index < -0.39 is 0 Å². The molecule has 122 valence electrons. The van der Waals surface area contributed by atoms with E-state index in [1.54, 1.807) is 0 Å². The molecule has 4 nitrogen and oxygen atoms in total. The van der Waals surface area contributed by atoms with Gasteiger partial charge in [0.1, 0.15) is 6.23 Å². The Kier molecular flexibility index (Phi) is 5.14. The number of nitrogens with zero attached hydrogens (tertiary/aromatic N) is 2. The van der Waals surface area contributed by atoms with Crippen LogP contribution >= 0.6 is 0 Å². The van der Waals surface area contributed by atoms with Crippen molar-refractivity contribution in [3.8, 4) is 0 Å². The molecular weight excluding hydrogens is 276 g/mol. The average Bonchev–Trinajstić information content (AvgIpc) is 2.67. The van der Waals surface area contributed by atoms with E-state index in [-0.39, 0.29) is 11.6 Å². The van der Waals surface area contributed by atoms with Crippen molar-refractivity contribution < 1.29 is 9.47 Å². The number of hydrogen-bond acceptors (Lipinski definition) is 4. The van der Waals surface area contributed by atoms with Crippen molar-refractivity contribution in [3.05, 3.63) is 35.9 Å². The van der Waals surface area contributed by atoms with Crippen molar-refractivity contribution in [2.45, 2.75) is 26.6 Å². The van der Waals surface area contributed by atoms with Crippen LogP contribution < -0.4 is 0 Å².